The third-order valence-electron chi connectivity index (χ3n) is 8.60. The number of primary amides is 1. The molecule has 2 aromatic carbocycles. The first-order valence-electron chi connectivity index (χ1n) is 13.4. The zero-order valence-corrected chi connectivity index (χ0v) is 24.6. The van der Waals surface area contributed by atoms with Crippen LogP contribution < -0.4 is 11.1 Å². The topological polar surface area (TPSA) is 243 Å². The molecule has 0 spiro atoms. The standard InChI is InChI=1S/C29H27ClN4O11/c1-10-12-5-4-6-15(35)17(12)22(36)18-16(10)24(45-28(41)32-13-8-7-11(30)9-14(13)34(43)44)20-21(33(2)3)23(37)19(27(31)40)26(39)29(20,42)25(18)38/h4-10,16,20-21,24,35-36,39,42H,1-3H3,(H2,31,40)(H,32,41)/t10-,16-,20+,21-,24-,29-/m1/s1. The molecule has 236 valence electrons. The van der Waals surface area contributed by atoms with Gasteiger partial charge in [-0.15, -0.1) is 0 Å². The van der Waals surface area contributed by atoms with Crippen molar-refractivity contribution in [3.63, 3.8) is 0 Å². The van der Waals surface area contributed by atoms with Gasteiger partial charge in [0.25, 0.3) is 11.6 Å². The minimum absolute atomic E-state index is 0.00161. The second-order valence-corrected chi connectivity index (χ2v) is 11.6. The van der Waals surface area contributed by atoms with Crippen LogP contribution in [0, 0.1) is 22.0 Å². The number of nitrogens with two attached hydrogens (primary N) is 1. The average Bonchev–Trinajstić information content (AvgIpc) is 2.95. The molecule has 0 saturated heterocycles. The van der Waals surface area contributed by atoms with E-state index in [1.165, 1.54) is 37.2 Å². The van der Waals surface area contributed by atoms with Gasteiger partial charge in [0.05, 0.1) is 22.4 Å². The highest BCUT2D eigenvalue weighted by atomic mass is 35.5. The van der Waals surface area contributed by atoms with Crippen LogP contribution >= 0.6 is 11.6 Å². The van der Waals surface area contributed by atoms with Crippen molar-refractivity contribution in [2.75, 3.05) is 19.4 Å². The molecule has 3 aliphatic carbocycles. The number of rotatable bonds is 5. The summed E-state index contributed by atoms with van der Waals surface area (Å²) in [6.07, 6.45) is -3.06. The smallest absolute Gasteiger partial charge is 0.412 e. The number of halogens is 1. The fourth-order valence-electron chi connectivity index (χ4n) is 6.71. The summed E-state index contributed by atoms with van der Waals surface area (Å²) in [6.45, 7) is 1.59. The monoisotopic (exact) mass is 642 g/mol. The summed E-state index contributed by atoms with van der Waals surface area (Å²) in [4.78, 5) is 65.7. The number of anilines is 1. The van der Waals surface area contributed by atoms with Gasteiger partial charge in [0.1, 0.15) is 34.6 Å². The van der Waals surface area contributed by atoms with E-state index in [4.69, 9.17) is 22.1 Å². The normalized spacial score (nSPS) is 27.5. The van der Waals surface area contributed by atoms with Crippen molar-refractivity contribution in [3.05, 3.63) is 79.6 Å². The van der Waals surface area contributed by atoms with Crippen molar-refractivity contribution in [3.8, 4) is 5.75 Å². The Bertz CT molecular complexity index is 1770. The van der Waals surface area contributed by atoms with Crippen LogP contribution in [0.25, 0.3) is 5.76 Å². The van der Waals surface area contributed by atoms with Gasteiger partial charge in [0.2, 0.25) is 5.78 Å². The largest absolute Gasteiger partial charge is 0.508 e. The highest BCUT2D eigenvalue weighted by Gasteiger charge is 2.69. The molecule has 5 rings (SSSR count). The molecule has 0 unspecified atom stereocenters. The van der Waals surface area contributed by atoms with E-state index in [1.54, 1.807) is 13.0 Å². The zero-order chi connectivity index (χ0) is 33.3. The molecular formula is C29H27ClN4O11. The first-order chi connectivity index (χ1) is 21.0. The Morgan fingerprint density at radius 1 is 1.16 bits per heavy atom. The van der Waals surface area contributed by atoms with Gasteiger partial charge in [-0.05, 0) is 43.8 Å². The number of nitro groups is 1. The number of ether oxygens (including phenoxy) is 1. The maximum atomic E-state index is 14.3. The maximum Gasteiger partial charge on any atom is 0.412 e. The number of aliphatic hydroxyl groups excluding tert-OH is 2. The van der Waals surface area contributed by atoms with Crippen LogP contribution in [0.3, 0.4) is 0 Å². The van der Waals surface area contributed by atoms with Crippen LogP contribution in [-0.2, 0) is 19.1 Å². The fourth-order valence-corrected chi connectivity index (χ4v) is 6.88. The van der Waals surface area contributed by atoms with Crippen LogP contribution in [0.5, 0.6) is 5.75 Å². The number of hydrogen-bond donors (Lipinski definition) is 6. The molecule has 2 aromatic rings. The number of nitrogens with one attached hydrogen (secondary N) is 1. The van der Waals surface area contributed by atoms with E-state index in [0.717, 1.165) is 12.1 Å². The number of aliphatic hydroxyl groups is 3. The molecule has 0 bridgehead atoms. The number of carbonyl (C=O) groups is 4. The van der Waals surface area contributed by atoms with Crippen molar-refractivity contribution in [2.24, 2.45) is 17.6 Å². The first kappa shape index (κ1) is 31.4. The molecule has 0 radical (unpaired) electrons. The number of phenolic OH excluding ortho intramolecular Hbond substituents is 1. The number of aromatic hydroxyl groups is 1. The Hall–Kier alpha value is -4.99. The first-order valence-corrected chi connectivity index (χ1v) is 13.8. The minimum Gasteiger partial charge on any atom is -0.508 e. The van der Waals surface area contributed by atoms with Gasteiger partial charge in [-0.3, -0.25) is 34.7 Å². The van der Waals surface area contributed by atoms with E-state index in [2.05, 4.69) is 5.32 Å². The number of carbonyl (C=O) groups excluding carboxylic acids is 4. The summed E-state index contributed by atoms with van der Waals surface area (Å²) in [5, 5.41) is 59.2. The lowest BCUT2D eigenvalue weighted by Gasteiger charge is -2.54. The summed E-state index contributed by atoms with van der Waals surface area (Å²) in [5.41, 5.74) is -0.141. The van der Waals surface area contributed by atoms with Crippen molar-refractivity contribution in [2.45, 2.75) is 30.6 Å². The molecule has 0 aliphatic heterocycles. The van der Waals surface area contributed by atoms with Gasteiger partial charge in [-0.2, -0.15) is 0 Å². The van der Waals surface area contributed by atoms with Gasteiger partial charge in [0, 0.05) is 22.6 Å². The highest BCUT2D eigenvalue weighted by molar-refractivity contribution is 6.31. The molecular weight excluding hydrogens is 616 g/mol. The van der Waals surface area contributed by atoms with Gasteiger partial charge >= 0.3 is 6.09 Å². The van der Waals surface area contributed by atoms with E-state index in [-0.39, 0.29) is 16.3 Å². The van der Waals surface area contributed by atoms with Crippen LogP contribution in [0.15, 0.2) is 53.3 Å². The molecule has 6 atom stereocenters. The van der Waals surface area contributed by atoms with Gasteiger partial charge in [-0.1, -0.05) is 30.7 Å². The molecule has 0 aromatic heterocycles. The van der Waals surface area contributed by atoms with Gasteiger partial charge < -0.3 is 30.9 Å². The molecule has 16 heteroatoms. The van der Waals surface area contributed by atoms with Crippen molar-refractivity contribution in [1.29, 1.82) is 0 Å². The molecule has 45 heavy (non-hydrogen) atoms. The summed E-state index contributed by atoms with van der Waals surface area (Å²) in [6, 6.07) is 6.07. The van der Waals surface area contributed by atoms with Crippen molar-refractivity contribution >= 4 is 52.3 Å². The lowest BCUT2D eigenvalue weighted by atomic mass is 9.54. The number of Topliss-reactive ketones (excluding diaryl/α,β-unsaturated/α-hetero) is 2. The van der Waals surface area contributed by atoms with Crippen LogP contribution in [0.2, 0.25) is 5.02 Å². The Kier molecular flexibility index (Phi) is 7.59. The lowest BCUT2D eigenvalue weighted by molar-refractivity contribution is -0.383. The molecule has 2 amide bonds. The van der Waals surface area contributed by atoms with Crippen molar-refractivity contribution < 1.29 is 49.3 Å². The molecule has 1 saturated carbocycles. The summed E-state index contributed by atoms with van der Waals surface area (Å²) in [7, 11) is 2.76. The number of nitrogens with zero attached hydrogens (tertiary/aromatic N) is 2. The number of fused-ring (bicyclic) bond motifs is 3. The number of benzene rings is 2. The molecule has 7 N–H and O–H groups in total. The number of amides is 2. The number of hydrogen-bond acceptors (Lipinski definition) is 12. The van der Waals surface area contributed by atoms with E-state index in [9.17, 15) is 49.7 Å². The van der Waals surface area contributed by atoms with Gasteiger partial charge in [0.15, 0.2) is 11.4 Å². The van der Waals surface area contributed by atoms with Crippen LogP contribution in [-0.4, -0.2) is 85.7 Å². The predicted molar refractivity (Wildman–Crippen MR) is 156 cm³/mol. The van der Waals surface area contributed by atoms with Crippen LogP contribution in [0.4, 0.5) is 16.2 Å². The Balaban J connectivity index is 1.75. The second-order valence-electron chi connectivity index (χ2n) is 11.2. The Labute approximate surface area is 259 Å². The SMILES string of the molecule is C[C@@H]1c2cccc(O)c2C(O)=C2C(=O)[C@@]3(O)C(O)=C(C(N)=O)C(=O)[C@H](N(C)C)[C@H]3[C@H](OC(=O)Nc3ccc(Cl)cc3[N+](=O)[O-])[C@@H]21. The summed E-state index contributed by atoms with van der Waals surface area (Å²) in [5.74, 6) is -10.4. The Morgan fingerprint density at radius 3 is 2.42 bits per heavy atom. The Morgan fingerprint density at radius 2 is 1.82 bits per heavy atom. The number of phenols is 1. The minimum atomic E-state index is -3.15. The van der Waals surface area contributed by atoms with Crippen LogP contribution in [0.1, 0.15) is 24.0 Å². The predicted octanol–water partition coefficient (Wildman–Crippen LogP) is 2.31. The molecule has 0 heterocycles. The van der Waals surface area contributed by atoms with E-state index in [1.807, 2.05) is 0 Å². The zero-order valence-electron chi connectivity index (χ0n) is 23.8. The third kappa shape index (κ3) is 4.58. The lowest BCUT2D eigenvalue weighted by Crippen LogP contribution is -2.71. The van der Waals surface area contributed by atoms with E-state index in [0.29, 0.717) is 5.56 Å². The summed E-state index contributed by atoms with van der Waals surface area (Å²) < 4.78 is 5.80. The summed E-state index contributed by atoms with van der Waals surface area (Å²) >= 11 is 5.87. The maximum absolute atomic E-state index is 14.3. The fraction of sp³-hybridized carbons (Fsp3) is 0.310. The molecule has 3 aliphatic rings. The van der Waals surface area contributed by atoms with Gasteiger partial charge in [-0.25, -0.2) is 4.79 Å². The second kappa shape index (κ2) is 10.9. The third-order valence-corrected chi connectivity index (χ3v) is 8.84. The average molecular weight is 643 g/mol. The molecule has 15 nitrogen and oxygen atoms in total. The molecule has 1 fully saturated rings. The highest BCUT2D eigenvalue weighted by Crippen LogP contribution is 2.57. The number of ketones is 2. The number of nitro benzene ring substituents is 1. The quantitative estimate of drug-likeness (QED) is 0.156. The van der Waals surface area contributed by atoms with E-state index < -0.39 is 98.1 Å². The number of likely N-dealkylation sites (N-methyl/N-ethyl adjacent to an activating group) is 1. The van der Waals surface area contributed by atoms with E-state index >= 15 is 0 Å². The van der Waals surface area contributed by atoms with Crippen molar-refractivity contribution in [1.82, 2.24) is 4.90 Å².